The lowest BCUT2D eigenvalue weighted by Crippen LogP contribution is -2.72. The monoisotopic (exact) mass is 526 g/mol. The molecule has 0 radical (unpaired) electrons. The number of esters is 1. The van der Waals surface area contributed by atoms with Crippen molar-refractivity contribution in [1.29, 1.82) is 0 Å². The lowest BCUT2D eigenvalue weighted by atomic mass is 9.89. The zero-order chi connectivity index (χ0) is 27.1. The van der Waals surface area contributed by atoms with E-state index in [-0.39, 0.29) is 12.0 Å². The van der Waals surface area contributed by atoms with Gasteiger partial charge in [-0.05, 0) is 6.42 Å². The highest BCUT2D eigenvalue weighted by molar-refractivity contribution is 5.87. The van der Waals surface area contributed by atoms with Crippen molar-refractivity contribution in [3.63, 3.8) is 0 Å². The Balaban J connectivity index is 6.03. The first-order chi connectivity index (χ1) is 14.3. The molecule has 0 saturated heterocycles. The topological polar surface area (TPSA) is 46.5 Å². The Morgan fingerprint density at radius 3 is 1.48 bits per heavy atom. The fourth-order valence-electron chi connectivity index (χ4n) is 1.90. The van der Waals surface area contributed by atoms with Gasteiger partial charge >= 0.3 is 47.7 Å². The second-order valence-electron chi connectivity index (χ2n) is 6.49. The van der Waals surface area contributed by atoms with Crippen LogP contribution in [0.1, 0.15) is 19.8 Å². The summed E-state index contributed by atoms with van der Waals surface area (Å²) in [4.78, 5) is 11.2. The van der Waals surface area contributed by atoms with E-state index in [4.69, 9.17) is 5.11 Å². The third-order valence-corrected chi connectivity index (χ3v) is 4.01. The molecule has 0 aliphatic heterocycles. The number of hydrogen-bond acceptors (Lipinski definition) is 3. The number of aliphatic hydroxyl groups excluding tert-OH is 1. The molecule has 0 heterocycles. The molecule has 33 heavy (non-hydrogen) atoms. The highest BCUT2D eigenvalue weighted by atomic mass is 19.4. The number of ether oxygens (including phenoxy) is 1. The Labute approximate surface area is 174 Å². The molecule has 0 aromatic carbocycles. The fourth-order valence-corrected chi connectivity index (χ4v) is 1.90. The van der Waals surface area contributed by atoms with E-state index in [1.807, 2.05) is 0 Å². The molecule has 18 heteroatoms. The van der Waals surface area contributed by atoms with Gasteiger partial charge in [0.2, 0.25) is 0 Å². The van der Waals surface area contributed by atoms with Crippen molar-refractivity contribution in [3.05, 3.63) is 12.2 Å². The van der Waals surface area contributed by atoms with E-state index in [1.54, 1.807) is 0 Å². The van der Waals surface area contributed by atoms with Crippen LogP contribution >= 0.6 is 0 Å². The van der Waals surface area contributed by atoms with Gasteiger partial charge in [-0.1, -0.05) is 13.5 Å². The maximum absolute atomic E-state index is 13.6. The molecule has 0 saturated carbocycles. The summed E-state index contributed by atoms with van der Waals surface area (Å²) in [6.45, 7) is 2.72. The minimum Gasteiger partial charge on any atom is -0.460 e. The van der Waals surface area contributed by atoms with Crippen LogP contribution in [0.4, 0.5) is 65.9 Å². The molecular weight excluding hydrogens is 513 g/mol. The Hall–Kier alpha value is -1.88. The third kappa shape index (κ3) is 5.13. The molecule has 0 fully saturated rings. The third-order valence-electron chi connectivity index (χ3n) is 4.01. The molecule has 0 rings (SSSR count). The van der Waals surface area contributed by atoms with Crippen LogP contribution in [0, 0.1) is 0 Å². The van der Waals surface area contributed by atoms with Crippen LogP contribution in [0.3, 0.4) is 0 Å². The molecule has 196 valence electrons. The highest BCUT2D eigenvalue weighted by Gasteiger charge is 2.93. The maximum Gasteiger partial charge on any atom is 0.460 e. The molecule has 3 nitrogen and oxygen atoms in total. The quantitative estimate of drug-likeness (QED) is 0.216. The largest absolute Gasteiger partial charge is 0.460 e. The van der Waals surface area contributed by atoms with Gasteiger partial charge in [-0.3, -0.25) is 0 Å². The molecule has 0 spiro atoms. The van der Waals surface area contributed by atoms with Gasteiger partial charge in [-0.25, -0.2) is 4.79 Å². The van der Waals surface area contributed by atoms with Crippen molar-refractivity contribution in [2.24, 2.45) is 0 Å². The summed E-state index contributed by atoms with van der Waals surface area (Å²) in [7, 11) is 0. The molecule has 1 atom stereocenters. The number of carbonyl (C=O) groups is 1. The van der Waals surface area contributed by atoms with Gasteiger partial charge in [0.05, 0.1) is 6.10 Å². The summed E-state index contributed by atoms with van der Waals surface area (Å²) in [6.07, 6.45) is -13.8. The summed E-state index contributed by atoms with van der Waals surface area (Å²) < 4.78 is 199. The van der Waals surface area contributed by atoms with Crippen LogP contribution in [-0.4, -0.2) is 65.5 Å². The lowest BCUT2D eigenvalue weighted by Gasteiger charge is -2.41. The Morgan fingerprint density at radius 1 is 0.758 bits per heavy atom. The molecule has 1 unspecified atom stereocenters. The Kier molecular flexibility index (Phi) is 8.54. The first-order valence-electron chi connectivity index (χ1n) is 8.12. The van der Waals surface area contributed by atoms with E-state index >= 15 is 0 Å². The molecule has 1 N–H and O–H groups in total. The Morgan fingerprint density at radius 2 is 1.12 bits per heavy atom. The second-order valence-corrected chi connectivity index (χ2v) is 6.49. The first kappa shape index (κ1) is 31.1. The van der Waals surface area contributed by atoms with E-state index in [2.05, 4.69) is 11.3 Å². The summed E-state index contributed by atoms with van der Waals surface area (Å²) >= 11 is 0. The molecule has 0 aromatic rings. The van der Waals surface area contributed by atoms with Crippen molar-refractivity contribution in [2.45, 2.75) is 67.6 Å². The van der Waals surface area contributed by atoms with Crippen molar-refractivity contribution in [2.75, 3.05) is 6.61 Å². The SMILES string of the molecule is C=C(CC)C(=O)OCC(O)CC(F)(F)C(F)(F)C(F)(F)C(F)(F)C(F)(F)C(F)(F)C(F)(F)F. The van der Waals surface area contributed by atoms with E-state index in [1.165, 1.54) is 6.92 Å². The van der Waals surface area contributed by atoms with Crippen molar-refractivity contribution in [3.8, 4) is 0 Å². The normalized spacial score (nSPS) is 15.9. The van der Waals surface area contributed by atoms with Gasteiger partial charge in [-0.2, -0.15) is 65.9 Å². The fraction of sp³-hybridized carbons (Fsp3) is 0.800. The predicted octanol–water partition coefficient (Wildman–Crippen LogP) is 5.62. The van der Waals surface area contributed by atoms with E-state index < -0.39 is 66.8 Å². The van der Waals surface area contributed by atoms with E-state index in [0.29, 0.717) is 0 Å². The average molecular weight is 526 g/mol. The standard InChI is InChI=1S/C15H13F15O3/c1-3-6(2)8(32)33-5-7(31)4-9(16,17)10(18,19)11(20,21)12(22,23)13(24,25)14(26,27)15(28,29)30/h7,31H,2-5H2,1H3. The van der Waals surface area contributed by atoms with Crippen LogP contribution in [0.15, 0.2) is 12.2 Å². The minimum absolute atomic E-state index is 0.110. The second kappa shape index (κ2) is 9.05. The number of alkyl halides is 15. The number of carbonyl (C=O) groups excluding carboxylic acids is 1. The molecule has 0 aromatic heterocycles. The van der Waals surface area contributed by atoms with Crippen LogP contribution in [0.2, 0.25) is 0 Å². The number of aliphatic hydroxyl groups is 1. The molecule has 0 aliphatic carbocycles. The predicted molar refractivity (Wildman–Crippen MR) is 76.8 cm³/mol. The van der Waals surface area contributed by atoms with Crippen LogP contribution in [0.25, 0.3) is 0 Å². The van der Waals surface area contributed by atoms with E-state index in [0.717, 1.165) is 0 Å². The number of rotatable bonds is 11. The van der Waals surface area contributed by atoms with Crippen LogP contribution < -0.4 is 0 Å². The molecular formula is C15H13F15O3. The van der Waals surface area contributed by atoms with Gasteiger partial charge in [0, 0.05) is 12.0 Å². The van der Waals surface area contributed by atoms with Crippen LogP contribution in [0.5, 0.6) is 0 Å². The van der Waals surface area contributed by atoms with Gasteiger partial charge in [0.15, 0.2) is 0 Å². The van der Waals surface area contributed by atoms with Gasteiger partial charge < -0.3 is 9.84 Å². The molecule has 0 bridgehead atoms. The van der Waals surface area contributed by atoms with E-state index in [9.17, 15) is 70.7 Å². The minimum atomic E-state index is -8.40. The summed E-state index contributed by atoms with van der Waals surface area (Å²) in [5.74, 6) is -48.8. The van der Waals surface area contributed by atoms with Crippen molar-refractivity contribution >= 4 is 5.97 Å². The summed E-state index contributed by atoms with van der Waals surface area (Å²) in [5.41, 5.74) is -0.363. The van der Waals surface area contributed by atoms with Crippen molar-refractivity contribution < 1.29 is 80.5 Å². The Bertz CT molecular complexity index is 727. The number of hydrogen-bond donors (Lipinski definition) is 1. The maximum atomic E-state index is 13.6. The molecule has 0 amide bonds. The summed E-state index contributed by atoms with van der Waals surface area (Å²) in [6, 6.07) is 0. The smallest absolute Gasteiger partial charge is 0.460 e. The van der Waals surface area contributed by atoms with Crippen molar-refractivity contribution in [1.82, 2.24) is 0 Å². The average Bonchev–Trinajstić information content (AvgIpc) is 2.63. The van der Waals surface area contributed by atoms with Gasteiger partial charge in [0.25, 0.3) is 0 Å². The van der Waals surface area contributed by atoms with Crippen LogP contribution in [-0.2, 0) is 9.53 Å². The lowest BCUT2D eigenvalue weighted by molar-refractivity contribution is -0.453. The van der Waals surface area contributed by atoms with Gasteiger partial charge in [0.1, 0.15) is 6.61 Å². The highest BCUT2D eigenvalue weighted by Crippen LogP contribution is 2.62. The number of halogens is 15. The molecule has 0 aliphatic rings. The summed E-state index contributed by atoms with van der Waals surface area (Å²) in [5, 5.41) is 9.15. The first-order valence-corrected chi connectivity index (χ1v) is 8.12. The zero-order valence-electron chi connectivity index (χ0n) is 15.8. The zero-order valence-corrected chi connectivity index (χ0v) is 15.8. The van der Waals surface area contributed by atoms with Gasteiger partial charge in [-0.15, -0.1) is 0 Å².